The first-order valence-corrected chi connectivity index (χ1v) is 33.1. The molecule has 0 aliphatic carbocycles. The van der Waals surface area contributed by atoms with Gasteiger partial charge in [0, 0.05) is 17.8 Å². The Hall–Kier alpha value is -0.920. The average Bonchev–Trinajstić information content (AvgIpc) is 3.35. The molecule has 0 bridgehead atoms. The second-order valence-electron chi connectivity index (χ2n) is 23.0. The van der Waals surface area contributed by atoms with Crippen molar-refractivity contribution in [1.82, 2.24) is 9.97 Å². The van der Waals surface area contributed by atoms with E-state index in [1.807, 2.05) is 0 Å². The highest BCUT2D eigenvalue weighted by molar-refractivity contribution is 5.27. The van der Waals surface area contributed by atoms with Crippen LogP contribution >= 0.6 is 0 Å². The third-order valence-corrected chi connectivity index (χ3v) is 16.0. The minimum atomic E-state index is 1.04. The van der Waals surface area contributed by atoms with Crippen LogP contribution in [-0.2, 0) is 25.7 Å². The van der Waals surface area contributed by atoms with Crippen LogP contribution in [-0.4, -0.2) is 9.97 Å². The fourth-order valence-electron chi connectivity index (χ4n) is 11.3. The summed E-state index contributed by atoms with van der Waals surface area (Å²) in [5, 5.41) is 0. The van der Waals surface area contributed by atoms with Gasteiger partial charge in [0.1, 0.15) is 5.82 Å². The van der Waals surface area contributed by atoms with E-state index in [0.29, 0.717) is 0 Å². The zero-order chi connectivity index (χ0) is 49.4. The number of aryl methyl sites for hydroxylation is 3. The number of aromatic nitrogens is 2. The molecule has 2 nitrogen and oxygen atoms in total. The normalized spacial score (nSPS) is 11.7. The molecular weight excluding hydrogens is 833 g/mol. The molecule has 0 spiro atoms. The Kier molecular flexibility index (Phi) is 54.0. The van der Waals surface area contributed by atoms with Crippen LogP contribution in [0.2, 0.25) is 0 Å². The summed E-state index contributed by atoms with van der Waals surface area (Å²) in [4.78, 5) is 10.7. The maximum absolute atomic E-state index is 5.35. The van der Waals surface area contributed by atoms with Gasteiger partial charge in [-0.25, -0.2) is 9.97 Å². The van der Waals surface area contributed by atoms with Crippen molar-refractivity contribution in [1.29, 1.82) is 0 Å². The molecule has 0 aliphatic rings. The van der Waals surface area contributed by atoms with E-state index in [1.54, 1.807) is 5.56 Å². The monoisotopic (exact) mass is 963 g/mol. The van der Waals surface area contributed by atoms with E-state index in [2.05, 4.69) is 27.7 Å². The first-order valence-electron chi connectivity index (χ1n) is 33.1. The molecule has 0 fully saturated rings. The summed E-state index contributed by atoms with van der Waals surface area (Å²) in [6.07, 6.45) is 83.6. The Bertz CT molecular complexity index is 1050. The van der Waals surface area contributed by atoms with Crippen LogP contribution in [0, 0.1) is 0 Å². The molecule has 0 aliphatic heterocycles. The smallest absolute Gasteiger partial charge is 0.128 e. The SMILES string of the molecule is CCCCCCCCCCCCCCCCCCCCc1nc(CCC)nc(CCCCCCCCCCCCCCCCCCCC)c1CCCCCCCCCCCCCCCCCCCC. The summed E-state index contributed by atoms with van der Waals surface area (Å²) in [7, 11) is 0. The van der Waals surface area contributed by atoms with Crippen molar-refractivity contribution in [2.24, 2.45) is 0 Å². The highest BCUT2D eigenvalue weighted by Crippen LogP contribution is 2.24. The molecule has 0 atom stereocenters. The lowest BCUT2D eigenvalue weighted by molar-refractivity contribution is 0.522. The minimum absolute atomic E-state index is 1.04. The van der Waals surface area contributed by atoms with Crippen molar-refractivity contribution >= 4 is 0 Å². The Morgan fingerprint density at radius 3 is 0.536 bits per heavy atom. The van der Waals surface area contributed by atoms with Crippen molar-refractivity contribution < 1.29 is 0 Å². The summed E-state index contributed by atoms with van der Waals surface area (Å²) in [6.45, 7) is 9.26. The first kappa shape index (κ1) is 66.1. The lowest BCUT2D eigenvalue weighted by atomic mass is 9.96. The summed E-state index contributed by atoms with van der Waals surface area (Å²) in [6, 6.07) is 0. The van der Waals surface area contributed by atoms with E-state index in [9.17, 15) is 0 Å². The van der Waals surface area contributed by atoms with Crippen LogP contribution in [0.1, 0.15) is 404 Å². The quantitative estimate of drug-likeness (QED) is 0.0608. The summed E-state index contributed by atoms with van der Waals surface area (Å²) in [5.41, 5.74) is 4.49. The van der Waals surface area contributed by atoms with Crippen LogP contribution < -0.4 is 0 Å². The molecule has 1 rings (SSSR count). The number of unbranched alkanes of at least 4 members (excludes halogenated alkanes) is 51. The molecule has 0 saturated heterocycles. The summed E-state index contributed by atoms with van der Waals surface area (Å²) in [5.74, 6) is 1.15. The second-order valence-corrected chi connectivity index (χ2v) is 23.0. The van der Waals surface area contributed by atoms with Crippen LogP contribution in [0.25, 0.3) is 0 Å². The van der Waals surface area contributed by atoms with Gasteiger partial charge in [-0.2, -0.15) is 0 Å². The van der Waals surface area contributed by atoms with Gasteiger partial charge in [-0.3, -0.25) is 0 Å². The fourth-order valence-corrected chi connectivity index (χ4v) is 11.3. The predicted octanol–water partition coefficient (Wildman–Crippen LogP) is 24.2. The van der Waals surface area contributed by atoms with Gasteiger partial charge in [0.25, 0.3) is 0 Å². The van der Waals surface area contributed by atoms with E-state index in [4.69, 9.17) is 9.97 Å². The van der Waals surface area contributed by atoms with Gasteiger partial charge in [-0.15, -0.1) is 0 Å². The Morgan fingerprint density at radius 1 is 0.174 bits per heavy atom. The lowest BCUT2D eigenvalue weighted by Gasteiger charge is -2.16. The molecule has 0 saturated carbocycles. The maximum Gasteiger partial charge on any atom is 0.128 e. The molecule has 2 heteroatoms. The molecule has 0 aromatic carbocycles. The van der Waals surface area contributed by atoms with Crippen molar-refractivity contribution in [2.45, 2.75) is 407 Å². The number of hydrogen-bond acceptors (Lipinski definition) is 2. The van der Waals surface area contributed by atoms with Crippen molar-refractivity contribution in [3.63, 3.8) is 0 Å². The van der Waals surface area contributed by atoms with Crippen LogP contribution in [0.5, 0.6) is 0 Å². The van der Waals surface area contributed by atoms with Crippen LogP contribution in [0.3, 0.4) is 0 Å². The van der Waals surface area contributed by atoms with Gasteiger partial charge in [-0.1, -0.05) is 355 Å². The molecular formula is C67H130N2. The van der Waals surface area contributed by atoms with Crippen molar-refractivity contribution in [3.8, 4) is 0 Å². The fraction of sp³-hybridized carbons (Fsp3) is 0.940. The summed E-state index contributed by atoms with van der Waals surface area (Å²) < 4.78 is 0. The molecule has 408 valence electrons. The predicted molar refractivity (Wildman–Crippen MR) is 313 cm³/mol. The third kappa shape index (κ3) is 46.6. The van der Waals surface area contributed by atoms with Gasteiger partial charge in [0.05, 0.1) is 0 Å². The third-order valence-electron chi connectivity index (χ3n) is 16.0. The number of hydrogen-bond donors (Lipinski definition) is 0. The maximum atomic E-state index is 5.35. The Labute approximate surface area is 437 Å². The van der Waals surface area contributed by atoms with Gasteiger partial charge in [0.15, 0.2) is 0 Å². The van der Waals surface area contributed by atoms with E-state index < -0.39 is 0 Å². The second kappa shape index (κ2) is 56.4. The zero-order valence-corrected chi connectivity index (χ0v) is 48.6. The molecule has 1 aromatic rings. The lowest BCUT2D eigenvalue weighted by Crippen LogP contribution is -2.11. The molecule has 0 amide bonds. The Balaban J connectivity index is 2.44. The number of rotatable bonds is 59. The molecule has 1 heterocycles. The van der Waals surface area contributed by atoms with Crippen LogP contribution in [0.4, 0.5) is 0 Å². The van der Waals surface area contributed by atoms with Crippen molar-refractivity contribution in [2.75, 3.05) is 0 Å². The Morgan fingerprint density at radius 2 is 0.348 bits per heavy atom. The van der Waals surface area contributed by atoms with Crippen molar-refractivity contribution in [3.05, 3.63) is 22.8 Å². The molecule has 0 N–H and O–H groups in total. The van der Waals surface area contributed by atoms with Gasteiger partial charge >= 0.3 is 0 Å². The molecule has 1 aromatic heterocycles. The van der Waals surface area contributed by atoms with E-state index in [1.165, 1.54) is 377 Å². The highest BCUT2D eigenvalue weighted by atomic mass is 14.9. The van der Waals surface area contributed by atoms with Gasteiger partial charge in [0.2, 0.25) is 0 Å². The van der Waals surface area contributed by atoms with Crippen LogP contribution in [0.15, 0.2) is 0 Å². The zero-order valence-electron chi connectivity index (χ0n) is 48.6. The molecule has 0 unspecified atom stereocenters. The van der Waals surface area contributed by atoms with E-state index in [-0.39, 0.29) is 0 Å². The standard InChI is InChI=1S/C67H130N2/c1-5-9-12-15-18-21-24-27-30-33-36-39-42-45-48-51-54-57-61-64-65(62-58-55-52-49-46-43-40-37-34-31-28-25-22-19-16-13-10-6-2)68-67(60-8-4)69-66(64)63-59-56-53-50-47-44-41-38-35-32-29-26-23-20-17-14-11-7-3/h5-63H2,1-4H3. The first-order chi connectivity index (χ1) is 34.3. The largest absolute Gasteiger partial charge is 0.238 e. The number of nitrogens with zero attached hydrogens (tertiary/aromatic N) is 2. The van der Waals surface area contributed by atoms with Gasteiger partial charge in [-0.05, 0) is 50.5 Å². The summed E-state index contributed by atoms with van der Waals surface area (Å²) >= 11 is 0. The minimum Gasteiger partial charge on any atom is -0.238 e. The topological polar surface area (TPSA) is 25.8 Å². The van der Waals surface area contributed by atoms with E-state index in [0.717, 1.165) is 18.7 Å². The van der Waals surface area contributed by atoms with E-state index >= 15 is 0 Å². The highest BCUT2D eigenvalue weighted by Gasteiger charge is 2.15. The average molecular weight is 964 g/mol. The molecule has 69 heavy (non-hydrogen) atoms. The van der Waals surface area contributed by atoms with Gasteiger partial charge < -0.3 is 0 Å². The molecule has 0 radical (unpaired) electrons.